The number of hydrogen-bond donors (Lipinski definition) is 3. The summed E-state index contributed by atoms with van der Waals surface area (Å²) in [5, 5.41) is 22.8. The van der Waals surface area contributed by atoms with Gasteiger partial charge in [-0.1, -0.05) is 160 Å². The third kappa shape index (κ3) is 30.1. The average molecular weight is 578 g/mol. The lowest BCUT2D eigenvalue weighted by Gasteiger charge is -2.20. The summed E-state index contributed by atoms with van der Waals surface area (Å²) in [4.78, 5) is 12.3. The largest absolute Gasteiger partial charge is 0.394 e. The molecule has 0 aliphatic carbocycles. The van der Waals surface area contributed by atoms with Crippen LogP contribution in [-0.2, 0) is 4.79 Å². The van der Waals surface area contributed by atoms with Gasteiger partial charge in [0, 0.05) is 6.42 Å². The second-order valence-electron chi connectivity index (χ2n) is 12.3. The third-order valence-electron chi connectivity index (χ3n) is 8.18. The molecular formula is C37H71NO3. The van der Waals surface area contributed by atoms with E-state index in [9.17, 15) is 15.0 Å². The highest BCUT2D eigenvalue weighted by atomic mass is 16.3. The van der Waals surface area contributed by atoms with Gasteiger partial charge in [0.15, 0.2) is 0 Å². The van der Waals surface area contributed by atoms with Crippen LogP contribution in [0.1, 0.15) is 187 Å². The van der Waals surface area contributed by atoms with Crippen LogP contribution in [0.3, 0.4) is 0 Å². The highest BCUT2D eigenvalue weighted by Crippen LogP contribution is 2.13. The van der Waals surface area contributed by atoms with Crippen LogP contribution >= 0.6 is 0 Å². The first kappa shape index (κ1) is 39.9. The van der Waals surface area contributed by atoms with Crippen molar-refractivity contribution in [2.24, 2.45) is 0 Å². The Balaban J connectivity index is 3.62. The molecule has 0 bridgehead atoms. The Kier molecular flexibility index (Phi) is 32.5. The van der Waals surface area contributed by atoms with Crippen molar-refractivity contribution in [2.45, 2.75) is 199 Å². The fraction of sp³-hybridized carbons (Fsp3) is 0.865. The van der Waals surface area contributed by atoms with Gasteiger partial charge in [-0.2, -0.15) is 0 Å². The molecule has 0 heterocycles. The maximum absolute atomic E-state index is 12.3. The molecule has 0 saturated carbocycles. The molecule has 0 radical (unpaired) electrons. The van der Waals surface area contributed by atoms with Crippen LogP contribution in [0, 0.1) is 0 Å². The summed E-state index contributed by atoms with van der Waals surface area (Å²) >= 11 is 0. The second-order valence-corrected chi connectivity index (χ2v) is 12.3. The summed E-state index contributed by atoms with van der Waals surface area (Å²) in [6.45, 7) is 4.28. The molecule has 0 aliphatic heterocycles. The maximum Gasteiger partial charge on any atom is 0.220 e. The Morgan fingerprint density at radius 2 is 0.927 bits per heavy atom. The van der Waals surface area contributed by atoms with Gasteiger partial charge in [0.05, 0.1) is 18.8 Å². The Hall–Kier alpha value is -1.13. The number of carbonyl (C=O) groups is 1. The molecule has 0 rings (SSSR count). The fourth-order valence-corrected chi connectivity index (χ4v) is 5.35. The molecule has 242 valence electrons. The van der Waals surface area contributed by atoms with Gasteiger partial charge >= 0.3 is 0 Å². The maximum atomic E-state index is 12.3. The molecule has 0 fully saturated rings. The van der Waals surface area contributed by atoms with Crippen LogP contribution in [-0.4, -0.2) is 34.9 Å². The lowest BCUT2D eigenvalue weighted by molar-refractivity contribution is -0.123. The lowest BCUT2D eigenvalue weighted by atomic mass is 10.1. The zero-order valence-corrected chi connectivity index (χ0v) is 27.6. The lowest BCUT2D eigenvalue weighted by Crippen LogP contribution is -2.45. The highest BCUT2D eigenvalue weighted by molar-refractivity contribution is 5.76. The molecule has 0 aromatic rings. The number of rotatable bonds is 32. The normalized spacial score (nSPS) is 13.4. The van der Waals surface area contributed by atoms with E-state index in [0.717, 1.165) is 32.1 Å². The number of unbranched alkanes of at least 4 members (excludes halogenated alkanes) is 23. The molecule has 0 aliphatic rings. The summed E-state index contributed by atoms with van der Waals surface area (Å²) < 4.78 is 0. The van der Waals surface area contributed by atoms with Crippen molar-refractivity contribution in [3.63, 3.8) is 0 Å². The summed E-state index contributed by atoms with van der Waals surface area (Å²) in [5.41, 5.74) is 0. The number of aliphatic hydroxyl groups is 2. The van der Waals surface area contributed by atoms with Crippen LogP contribution in [0.15, 0.2) is 24.3 Å². The van der Waals surface area contributed by atoms with Gasteiger partial charge in [0.2, 0.25) is 5.91 Å². The first-order valence-corrected chi connectivity index (χ1v) is 18.1. The average Bonchev–Trinajstić information content (AvgIpc) is 2.97. The first-order chi connectivity index (χ1) is 20.2. The van der Waals surface area contributed by atoms with E-state index in [-0.39, 0.29) is 12.5 Å². The van der Waals surface area contributed by atoms with Crippen LogP contribution in [0.4, 0.5) is 0 Å². The Bertz CT molecular complexity index is 589. The summed E-state index contributed by atoms with van der Waals surface area (Å²) in [6, 6.07) is -0.621. The summed E-state index contributed by atoms with van der Waals surface area (Å²) in [7, 11) is 0. The predicted molar refractivity (Wildman–Crippen MR) is 179 cm³/mol. The van der Waals surface area contributed by atoms with E-state index < -0.39 is 12.1 Å². The van der Waals surface area contributed by atoms with Crippen LogP contribution in [0.5, 0.6) is 0 Å². The summed E-state index contributed by atoms with van der Waals surface area (Å²) in [5.74, 6) is -0.0742. The third-order valence-corrected chi connectivity index (χ3v) is 8.18. The molecule has 1 amide bonds. The van der Waals surface area contributed by atoms with Gasteiger partial charge in [-0.25, -0.2) is 0 Å². The van der Waals surface area contributed by atoms with Crippen molar-refractivity contribution in [2.75, 3.05) is 6.61 Å². The molecular weight excluding hydrogens is 506 g/mol. The minimum absolute atomic E-state index is 0.0742. The van der Waals surface area contributed by atoms with E-state index in [1.54, 1.807) is 6.08 Å². The van der Waals surface area contributed by atoms with Gasteiger partial charge in [-0.05, 0) is 44.9 Å². The van der Waals surface area contributed by atoms with Gasteiger partial charge < -0.3 is 15.5 Å². The van der Waals surface area contributed by atoms with E-state index in [1.807, 2.05) is 6.08 Å². The Morgan fingerprint density at radius 1 is 0.561 bits per heavy atom. The standard InChI is InChI=1S/C37H71NO3/c1-3-5-7-9-11-13-15-16-17-18-19-20-21-23-25-27-29-31-33-37(41)38-35(34-39)36(40)32-30-28-26-24-22-14-12-10-8-6-4-2/h19-20,30,32,35-36,39-40H,3-18,21-29,31,33-34H2,1-2H3,(H,38,41)/b20-19-,32-30+. The van der Waals surface area contributed by atoms with E-state index in [1.165, 1.54) is 135 Å². The molecule has 41 heavy (non-hydrogen) atoms. The number of nitrogens with one attached hydrogen (secondary N) is 1. The SMILES string of the molecule is CCCCCCCCCCC/C=C\CCCCCCCC(=O)NC(CO)C(O)/C=C/CCCCCCCCCCC. The van der Waals surface area contributed by atoms with Crippen LogP contribution in [0.25, 0.3) is 0 Å². The molecule has 4 heteroatoms. The van der Waals surface area contributed by atoms with Gasteiger partial charge in [0.25, 0.3) is 0 Å². The van der Waals surface area contributed by atoms with Gasteiger partial charge in [-0.15, -0.1) is 0 Å². The number of hydrogen-bond acceptors (Lipinski definition) is 3. The van der Waals surface area contributed by atoms with Crippen molar-refractivity contribution < 1.29 is 15.0 Å². The highest BCUT2D eigenvalue weighted by Gasteiger charge is 2.17. The van der Waals surface area contributed by atoms with Crippen LogP contribution < -0.4 is 5.32 Å². The molecule has 3 N–H and O–H groups in total. The van der Waals surface area contributed by atoms with E-state index in [0.29, 0.717) is 6.42 Å². The summed E-state index contributed by atoms with van der Waals surface area (Å²) in [6.07, 6.45) is 41.2. The molecule has 2 atom stereocenters. The second kappa shape index (κ2) is 33.4. The first-order valence-electron chi connectivity index (χ1n) is 18.1. The number of carbonyl (C=O) groups excluding carboxylic acids is 1. The predicted octanol–water partition coefficient (Wildman–Crippen LogP) is 10.5. The number of amides is 1. The Labute approximate surface area is 256 Å². The number of allylic oxidation sites excluding steroid dienone is 3. The molecule has 0 aromatic carbocycles. The van der Waals surface area contributed by atoms with Crippen molar-refractivity contribution in [3.8, 4) is 0 Å². The molecule has 4 nitrogen and oxygen atoms in total. The fourth-order valence-electron chi connectivity index (χ4n) is 5.35. The quantitative estimate of drug-likeness (QED) is 0.0550. The van der Waals surface area contributed by atoms with E-state index >= 15 is 0 Å². The van der Waals surface area contributed by atoms with Crippen molar-refractivity contribution in [3.05, 3.63) is 24.3 Å². The van der Waals surface area contributed by atoms with Crippen molar-refractivity contribution in [1.29, 1.82) is 0 Å². The van der Waals surface area contributed by atoms with Crippen molar-refractivity contribution in [1.82, 2.24) is 5.32 Å². The Morgan fingerprint density at radius 3 is 1.34 bits per heavy atom. The molecule has 0 spiro atoms. The van der Waals surface area contributed by atoms with E-state index in [4.69, 9.17) is 0 Å². The van der Waals surface area contributed by atoms with Crippen molar-refractivity contribution >= 4 is 5.91 Å². The van der Waals surface area contributed by atoms with Gasteiger partial charge in [-0.3, -0.25) is 4.79 Å². The van der Waals surface area contributed by atoms with Gasteiger partial charge in [0.1, 0.15) is 0 Å². The smallest absolute Gasteiger partial charge is 0.220 e. The zero-order valence-electron chi connectivity index (χ0n) is 27.6. The van der Waals surface area contributed by atoms with Crippen LogP contribution in [0.2, 0.25) is 0 Å². The molecule has 2 unspecified atom stereocenters. The molecule has 0 aromatic heterocycles. The minimum atomic E-state index is -0.837. The minimum Gasteiger partial charge on any atom is -0.394 e. The molecule has 0 saturated heterocycles. The zero-order chi connectivity index (χ0) is 30.1. The van der Waals surface area contributed by atoms with E-state index in [2.05, 4.69) is 31.3 Å². The topological polar surface area (TPSA) is 69.6 Å². The number of aliphatic hydroxyl groups excluding tert-OH is 2. The monoisotopic (exact) mass is 578 g/mol.